The molecule has 0 radical (unpaired) electrons. The van der Waals surface area contributed by atoms with Crippen LogP contribution in [0.3, 0.4) is 0 Å². The van der Waals surface area contributed by atoms with Gasteiger partial charge >= 0.3 is 6.18 Å². The van der Waals surface area contributed by atoms with Crippen LogP contribution in [0.4, 0.5) is 18.9 Å². The molecule has 0 bridgehead atoms. The fraction of sp³-hybridized carbons (Fsp3) is 0.200. The van der Waals surface area contributed by atoms with Gasteiger partial charge in [-0.15, -0.1) is 0 Å². The zero-order valence-electron chi connectivity index (χ0n) is 11.1. The average molecular weight is 316 g/mol. The Bertz CT molecular complexity index is 581. The number of benzene rings is 2. The Labute approximate surface area is 125 Å². The number of nitrogens with one attached hydrogen (secondary N) is 1. The molecule has 112 valence electrons. The summed E-state index contributed by atoms with van der Waals surface area (Å²) in [6.07, 6.45) is -4.42. The summed E-state index contributed by atoms with van der Waals surface area (Å²) in [5.41, 5.74) is 0.454. The monoisotopic (exact) mass is 315 g/mol. The molecule has 2 nitrogen and oxygen atoms in total. The molecule has 0 spiro atoms. The summed E-state index contributed by atoms with van der Waals surface area (Å²) in [4.78, 5) is 0. The Morgan fingerprint density at radius 1 is 1.00 bits per heavy atom. The van der Waals surface area contributed by atoms with Gasteiger partial charge in [-0.05, 0) is 42.0 Å². The van der Waals surface area contributed by atoms with Crippen molar-refractivity contribution in [2.75, 3.05) is 12.4 Å². The lowest BCUT2D eigenvalue weighted by Gasteiger charge is -2.23. The number of ether oxygens (including phenoxy) is 1. The zero-order valence-corrected chi connectivity index (χ0v) is 11.9. The minimum atomic E-state index is -4.42. The number of hydrogen-bond acceptors (Lipinski definition) is 2. The lowest BCUT2D eigenvalue weighted by Crippen LogP contribution is -2.27. The zero-order chi connectivity index (χ0) is 15.5. The summed E-state index contributed by atoms with van der Waals surface area (Å²) in [6, 6.07) is 10.0. The molecule has 0 saturated carbocycles. The number of methoxy groups -OCH3 is 1. The van der Waals surface area contributed by atoms with Crippen LogP contribution in [0, 0.1) is 0 Å². The number of hydrogen-bond donors (Lipinski definition) is 1. The van der Waals surface area contributed by atoms with Gasteiger partial charge in [0.15, 0.2) is 0 Å². The molecule has 0 unspecified atom stereocenters. The van der Waals surface area contributed by atoms with E-state index in [1.807, 2.05) is 0 Å². The van der Waals surface area contributed by atoms with E-state index in [2.05, 4.69) is 5.32 Å². The number of anilines is 1. The molecule has 1 N–H and O–H groups in total. The molecule has 0 fully saturated rings. The van der Waals surface area contributed by atoms with Crippen molar-refractivity contribution in [2.24, 2.45) is 0 Å². The second-order valence-electron chi connectivity index (χ2n) is 4.40. The summed E-state index contributed by atoms with van der Waals surface area (Å²) < 4.78 is 44.6. The molecule has 2 aromatic rings. The highest BCUT2D eigenvalue weighted by Crippen LogP contribution is 2.36. The predicted molar refractivity (Wildman–Crippen MR) is 76.9 cm³/mol. The highest BCUT2D eigenvalue weighted by atomic mass is 35.5. The molecular formula is C15H13ClF3NO. The molecule has 2 aromatic carbocycles. The molecule has 0 aliphatic carbocycles. The first-order valence-electron chi connectivity index (χ1n) is 6.13. The Morgan fingerprint density at radius 2 is 1.57 bits per heavy atom. The van der Waals surface area contributed by atoms with Crippen LogP contribution >= 0.6 is 11.6 Å². The van der Waals surface area contributed by atoms with Crippen LogP contribution in [0.15, 0.2) is 48.5 Å². The van der Waals surface area contributed by atoms with Gasteiger partial charge in [0.2, 0.25) is 0 Å². The highest BCUT2D eigenvalue weighted by molar-refractivity contribution is 6.30. The smallest absolute Gasteiger partial charge is 0.412 e. The van der Waals surface area contributed by atoms with E-state index >= 15 is 0 Å². The summed E-state index contributed by atoms with van der Waals surface area (Å²) in [5, 5.41) is 2.88. The van der Waals surface area contributed by atoms with Crippen molar-refractivity contribution in [1.29, 1.82) is 0 Å². The predicted octanol–water partition coefficient (Wildman–Crippen LogP) is 5.06. The van der Waals surface area contributed by atoms with Gasteiger partial charge in [-0.1, -0.05) is 23.7 Å². The minimum absolute atomic E-state index is 0.0997. The van der Waals surface area contributed by atoms with Crippen molar-refractivity contribution in [1.82, 2.24) is 0 Å². The lowest BCUT2D eigenvalue weighted by molar-refractivity contribution is -0.144. The van der Waals surface area contributed by atoms with Crippen LogP contribution in [-0.2, 0) is 0 Å². The van der Waals surface area contributed by atoms with Gasteiger partial charge in [0, 0.05) is 10.7 Å². The van der Waals surface area contributed by atoms with Gasteiger partial charge < -0.3 is 10.1 Å². The first-order chi connectivity index (χ1) is 9.90. The Hall–Kier alpha value is -1.88. The maximum atomic E-state index is 13.2. The van der Waals surface area contributed by atoms with E-state index < -0.39 is 12.2 Å². The second kappa shape index (κ2) is 6.26. The third-order valence-corrected chi connectivity index (χ3v) is 3.18. The standard InChI is InChI=1S/C15H13ClF3NO/c1-21-13-8-6-12(7-9-13)20-14(15(17,18)19)10-2-4-11(16)5-3-10/h2-9,14,20H,1H3/t14-/m1/s1. The molecule has 0 aliphatic rings. The third kappa shape index (κ3) is 4.04. The Morgan fingerprint density at radius 3 is 2.05 bits per heavy atom. The molecule has 2 rings (SSSR count). The molecule has 0 heterocycles. The van der Waals surface area contributed by atoms with Crippen LogP contribution in [-0.4, -0.2) is 13.3 Å². The van der Waals surface area contributed by atoms with Gasteiger partial charge in [-0.3, -0.25) is 0 Å². The molecule has 0 saturated heterocycles. The Balaban J connectivity index is 2.26. The van der Waals surface area contributed by atoms with E-state index in [-0.39, 0.29) is 5.56 Å². The summed E-state index contributed by atoms with van der Waals surface area (Å²) in [6.45, 7) is 0. The van der Waals surface area contributed by atoms with Gasteiger partial charge in [0.1, 0.15) is 11.8 Å². The molecule has 6 heteroatoms. The summed E-state index contributed by atoms with van der Waals surface area (Å²) in [5.74, 6) is 0.579. The topological polar surface area (TPSA) is 21.3 Å². The van der Waals surface area contributed by atoms with Gasteiger partial charge in [0.25, 0.3) is 0 Å². The van der Waals surface area contributed by atoms with Crippen molar-refractivity contribution in [3.8, 4) is 5.75 Å². The SMILES string of the molecule is COc1ccc(N[C@H](c2ccc(Cl)cc2)C(F)(F)F)cc1. The van der Waals surface area contributed by atoms with Crippen LogP contribution in [0.25, 0.3) is 0 Å². The van der Waals surface area contributed by atoms with E-state index in [4.69, 9.17) is 16.3 Å². The maximum Gasteiger partial charge on any atom is 0.412 e. The lowest BCUT2D eigenvalue weighted by atomic mass is 10.1. The number of alkyl halides is 3. The van der Waals surface area contributed by atoms with Crippen molar-refractivity contribution < 1.29 is 17.9 Å². The molecule has 0 amide bonds. The summed E-state index contributed by atoms with van der Waals surface area (Å²) >= 11 is 5.71. The largest absolute Gasteiger partial charge is 0.497 e. The van der Waals surface area contributed by atoms with E-state index in [1.54, 1.807) is 12.1 Å². The van der Waals surface area contributed by atoms with Crippen molar-refractivity contribution in [2.45, 2.75) is 12.2 Å². The van der Waals surface area contributed by atoms with Crippen LogP contribution in [0.2, 0.25) is 5.02 Å². The van der Waals surface area contributed by atoms with Gasteiger partial charge in [0.05, 0.1) is 7.11 Å². The molecule has 21 heavy (non-hydrogen) atoms. The minimum Gasteiger partial charge on any atom is -0.497 e. The van der Waals surface area contributed by atoms with E-state index in [0.717, 1.165) is 0 Å². The van der Waals surface area contributed by atoms with Crippen molar-refractivity contribution in [3.05, 3.63) is 59.1 Å². The first kappa shape index (κ1) is 15.5. The summed E-state index contributed by atoms with van der Waals surface area (Å²) in [7, 11) is 1.49. The maximum absolute atomic E-state index is 13.2. The fourth-order valence-electron chi connectivity index (χ4n) is 1.86. The number of halogens is 4. The van der Waals surface area contributed by atoms with E-state index in [9.17, 15) is 13.2 Å². The number of rotatable bonds is 4. The van der Waals surface area contributed by atoms with E-state index in [1.165, 1.54) is 43.5 Å². The molecule has 0 aromatic heterocycles. The van der Waals surface area contributed by atoms with E-state index in [0.29, 0.717) is 16.5 Å². The van der Waals surface area contributed by atoms with Crippen LogP contribution in [0.5, 0.6) is 5.75 Å². The van der Waals surface area contributed by atoms with Gasteiger partial charge in [-0.2, -0.15) is 13.2 Å². The van der Waals surface area contributed by atoms with Crippen LogP contribution in [0.1, 0.15) is 11.6 Å². The molecule has 1 atom stereocenters. The second-order valence-corrected chi connectivity index (χ2v) is 4.84. The normalized spacial score (nSPS) is 12.8. The fourth-order valence-corrected chi connectivity index (χ4v) is 1.99. The molecular weight excluding hydrogens is 303 g/mol. The van der Waals surface area contributed by atoms with Gasteiger partial charge in [-0.25, -0.2) is 0 Å². The first-order valence-corrected chi connectivity index (χ1v) is 6.51. The van der Waals surface area contributed by atoms with Crippen LogP contribution < -0.4 is 10.1 Å². The Kier molecular flexibility index (Phi) is 4.63. The van der Waals surface area contributed by atoms with Crippen molar-refractivity contribution >= 4 is 17.3 Å². The highest BCUT2D eigenvalue weighted by Gasteiger charge is 2.40. The van der Waals surface area contributed by atoms with Crippen molar-refractivity contribution in [3.63, 3.8) is 0 Å². The third-order valence-electron chi connectivity index (χ3n) is 2.93. The quantitative estimate of drug-likeness (QED) is 0.851. The molecule has 0 aliphatic heterocycles. The average Bonchev–Trinajstić information content (AvgIpc) is 2.45.